The summed E-state index contributed by atoms with van der Waals surface area (Å²) in [6, 6.07) is 0. The molecule has 0 aromatic rings. The SMILES string of the molecule is O[C@@H]1C[C@H]2CNCC21. The molecular formula is C6H11NO. The van der Waals surface area contributed by atoms with Crippen molar-refractivity contribution in [3.8, 4) is 0 Å². The average Bonchev–Trinajstić information content (AvgIpc) is 2.09. The molecule has 2 fully saturated rings. The van der Waals surface area contributed by atoms with Crippen LogP contribution >= 0.6 is 0 Å². The fourth-order valence-corrected chi connectivity index (χ4v) is 1.75. The Kier molecular flexibility index (Phi) is 0.866. The lowest BCUT2D eigenvalue weighted by Crippen LogP contribution is -2.39. The second kappa shape index (κ2) is 1.45. The predicted octanol–water partition coefficient (Wildman–Crippen LogP) is -0.413. The Morgan fingerprint density at radius 3 is 2.75 bits per heavy atom. The van der Waals surface area contributed by atoms with Crippen molar-refractivity contribution < 1.29 is 5.11 Å². The Morgan fingerprint density at radius 1 is 1.38 bits per heavy atom. The van der Waals surface area contributed by atoms with Crippen molar-refractivity contribution in [1.82, 2.24) is 5.32 Å². The fraction of sp³-hybridized carbons (Fsp3) is 1.00. The van der Waals surface area contributed by atoms with Crippen LogP contribution in [0, 0.1) is 11.8 Å². The first-order chi connectivity index (χ1) is 3.88. The molecule has 0 aromatic carbocycles. The zero-order valence-electron chi connectivity index (χ0n) is 4.80. The lowest BCUT2D eigenvalue weighted by atomic mass is 9.74. The van der Waals surface area contributed by atoms with Crippen molar-refractivity contribution >= 4 is 0 Å². The number of aliphatic hydroxyl groups is 1. The summed E-state index contributed by atoms with van der Waals surface area (Å²) in [5, 5.41) is 12.3. The van der Waals surface area contributed by atoms with Crippen LogP contribution in [-0.2, 0) is 0 Å². The molecule has 1 aliphatic heterocycles. The van der Waals surface area contributed by atoms with E-state index >= 15 is 0 Å². The van der Waals surface area contributed by atoms with Gasteiger partial charge < -0.3 is 10.4 Å². The fourth-order valence-electron chi connectivity index (χ4n) is 1.75. The van der Waals surface area contributed by atoms with Crippen molar-refractivity contribution in [2.45, 2.75) is 12.5 Å². The standard InChI is InChI=1S/C6H11NO/c8-6-1-4-2-7-3-5(4)6/h4-8H,1-3H2/t4-,5?,6+/m0/s1. The molecule has 0 aromatic heterocycles. The number of hydrogen-bond acceptors (Lipinski definition) is 2. The van der Waals surface area contributed by atoms with E-state index in [2.05, 4.69) is 5.32 Å². The van der Waals surface area contributed by atoms with Crippen molar-refractivity contribution in [2.24, 2.45) is 11.8 Å². The molecule has 1 aliphatic carbocycles. The number of rotatable bonds is 0. The Balaban J connectivity index is 2.02. The van der Waals surface area contributed by atoms with Gasteiger partial charge in [0.1, 0.15) is 0 Å². The maximum absolute atomic E-state index is 9.08. The summed E-state index contributed by atoms with van der Waals surface area (Å²) < 4.78 is 0. The number of nitrogens with one attached hydrogen (secondary N) is 1. The largest absolute Gasteiger partial charge is 0.393 e. The topological polar surface area (TPSA) is 32.3 Å². The van der Waals surface area contributed by atoms with Crippen LogP contribution in [0.4, 0.5) is 0 Å². The highest BCUT2D eigenvalue weighted by Crippen LogP contribution is 2.36. The molecule has 46 valence electrons. The molecule has 2 nitrogen and oxygen atoms in total. The van der Waals surface area contributed by atoms with Crippen molar-refractivity contribution in [1.29, 1.82) is 0 Å². The summed E-state index contributed by atoms with van der Waals surface area (Å²) >= 11 is 0. The second-order valence-corrected chi connectivity index (χ2v) is 2.89. The van der Waals surface area contributed by atoms with Gasteiger partial charge in [0.2, 0.25) is 0 Å². The molecule has 2 aliphatic rings. The van der Waals surface area contributed by atoms with Gasteiger partial charge in [-0.3, -0.25) is 0 Å². The highest BCUT2D eigenvalue weighted by Gasteiger charge is 2.42. The summed E-state index contributed by atoms with van der Waals surface area (Å²) in [7, 11) is 0. The smallest absolute Gasteiger partial charge is 0.0586 e. The summed E-state index contributed by atoms with van der Waals surface area (Å²) in [6.45, 7) is 2.19. The summed E-state index contributed by atoms with van der Waals surface area (Å²) in [5.74, 6) is 1.42. The van der Waals surface area contributed by atoms with Gasteiger partial charge in [0, 0.05) is 12.5 Å². The van der Waals surface area contributed by atoms with Crippen molar-refractivity contribution in [3.63, 3.8) is 0 Å². The lowest BCUT2D eigenvalue weighted by Gasteiger charge is -2.35. The van der Waals surface area contributed by atoms with Crippen LogP contribution in [0.25, 0.3) is 0 Å². The third-order valence-corrected chi connectivity index (χ3v) is 2.43. The number of hydrogen-bond donors (Lipinski definition) is 2. The molecule has 2 rings (SSSR count). The quantitative estimate of drug-likeness (QED) is 0.447. The first-order valence-corrected chi connectivity index (χ1v) is 3.26. The second-order valence-electron chi connectivity index (χ2n) is 2.89. The number of aliphatic hydroxyl groups excluding tert-OH is 1. The molecule has 0 bridgehead atoms. The Bertz CT molecular complexity index is 105. The van der Waals surface area contributed by atoms with Gasteiger partial charge in [-0.25, -0.2) is 0 Å². The Labute approximate surface area is 48.9 Å². The van der Waals surface area contributed by atoms with Gasteiger partial charge in [-0.05, 0) is 18.9 Å². The van der Waals surface area contributed by atoms with Crippen LogP contribution in [0.2, 0.25) is 0 Å². The number of fused-ring (bicyclic) bond motifs is 1. The molecular weight excluding hydrogens is 102 g/mol. The van der Waals surface area contributed by atoms with Crippen LogP contribution in [0.5, 0.6) is 0 Å². The minimum atomic E-state index is 0.0231. The van der Waals surface area contributed by atoms with E-state index in [1.54, 1.807) is 0 Å². The van der Waals surface area contributed by atoms with Gasteiger partial charge in [0.05, 0.1) is 6.10 Å². The highest BCUT2D eigenvalue weighted by atomic mass is 16.3. The van der Waals surface area contributed by atoms with Crippen molar-refractivity contribution in [2.75, 3.05) is 13.1 Å². The van der Waals surface area contributed by atoms with Gasteiger partial charge >= 0.3 is 0 Å². The molecule has 1 heterocycles. The van der Waals surface area contributed by atoms with Crippen LogP contribution < -0.4 is 5.32 Å². The van der Waals surface area contributed by atoms with Crippen molar-refractivity contribution in [3.05, 3.63) is 0 Å². The van der Waals surface area contributed by atoms with E-state index in [9.17, 15) is 0 Å². The zero-order chi connectivity index (χ0) is 5.56. The molecule has 0 radical (unpaired) electrons. The van der Waals surface area contributed by atoms with Crippen LogP contribution in [0.15, 0.2) is 0 Å². The van der Waals surface area contributed by atoms with Gasteiger partial charge in [-0.2, -0.15) is 0 Å². The first kappa shape index (κ1) is 4.77. The first-order valence-electron chi connectivity index (χ1n) is 3.26. The molecule has 2 N–H and O–H groups in total. The average molecular weight is 113 g/mol. The minimum absolute atomic E-state index is 0.0231. The van der Waals surface area contributed by atoms with E-state index in [4.69, 9.17) is 5.11 Å². The highest BCUT2D eigenvalue weighted by molar-refractivity contribution is 4.95. The van der Waals surface area contributed by atoms with Gasteiger partial charge in [-0.1, -0.05) is 0 Å². The molecule has 1 saturated carbocycles. The zero-order valence-corrected chi connectivity index (χ0v) is 4.80. The van der Waals surface area contributed by atoms with E-state index in [-0.39, 0.29) is 6.10 Å². The van der Waals surface area contributed by atoms with Gasteiger partial charge in [0.25, 0.3) is 0 Å². The normalized spacial score (nSPS) is 52.9. The predicted molar refractivity (Wildman–Crippen MR) is 30.5 cm³/mol. The third-order valence-electron chi connectivity index (χ3n) is 2.43. The maximum atomic E-state index is 9.08. The van der Waals surface area contributed by atoms with Gasteiger partial charge in [0.15, 0.2) is 0 Å². The summed E-state index contributed by atoms with van der Waals surface area (Å²) in [5.41, 5.74) is 0. The summed E-state index contributed by atoms with van der Waals surface area (Å²) in [6.07, 6.45) is 1.06. The Morgan fingerprint density at radius 2 is 2.25 bits per heavy atom. The maximum Gasteiger partial charge on any atom is 0.0586 e. The van der Waals surface area contributed by atoms with Crippen LogP contribution in [0.3, 0.4) is 0 Å². The summed E-state index contributed by atoms with van der Waals surface area (Å²) in [4.78, 5) is 0. The Hall–Kier alpha value is -0.0800. The van der Waals surface area contributed by atoms with Gasteiger partial charge in [-0.15, -0.1) is 0 Å². The van der Waals surface area contributed by atoms with E-state index in [1.165, 1.54) is 0 Å². The molecule has 2 heteroatoms. The lowest BCUT2D eigenvalue weighted by molar-refractivity contribution is -0.00403. The monoisotopic (exact) mass is 113 g/mol. The van der Waals surface area contributed by atoms with Crippen LogP contribution in [-0.4, -0.2) is 24.3 Å². The van der Waals surface area contributed by atoms with E-state index in [0.29, 0.717) is 5.92 Å². The molecule has 1 unspecified atom stereocenters. The van der Waals surface area contributed by atoms with Crippen LogP contribution in [0.1, 0.15) is 6.42 Å². The minimum Gasteiger partial charge on any atom is -0.393 e. The molecule has 0 amide bonds. The van der Waals surface area contributed by atoms with E-state index < -0.39 is 0 Å². The molecule has 0 spiro atoms. The molecule has 8 heavy (non-hydrogen) atoms. The molecule has 3 atom stereocenters. The third kappa shape index (κ3) is 0.446. The van der Waals surface area contributed by atoms with E-state index in [0.717, 1.165) is 25.4 Å². The molecule has 1 saturated heterocycles. The van der Waals surface area contributed by atoms with E-state index in [1.807, 2.05) is 0 Å².